The van der Waals surface area contributed by atoms with Gasteiger partial charge in [-0.25, -0.2) is 0 Å². The van der Waals surface area contributed by atoms with Crippen LogP contribution in [0.15, 0.2) is 54.6 Å². The van der Waals surface area contributed by atoms with Crippen LogP contribution < -0.4 is 0 Å². The first kappa shape index (κ1) is 21.9. The molecule has 9 heteroatoms. The average molecular weight is 436 g/mol. The van der Waals surface area contributed by atoms with Crippen molar-refractivity contribution in [2.24, 2.45) is 0 Å². The van der Waals surface area contributed by atoms with Gasteiger partial charge in [-0.1, -0.05) is 30.3 Å². The lowest BCUT2D eigenvalue weighted by Gasteiger charge is -2.07. The van der Waals surface area contributed by atoms with Crippen LogP contribution in [0, 0.1) is 0 Å². The fourth-order valence-electron chi connectivity index (χ4n) is 2.86. The number of hydrogen-bond acceptors (Lipinski definition) is 9. The normalized spacial score (nSPS) is 12.0. The lowest BCUT2D eigenvalue weighted by atomic mass is 9.96. The molecule has 32 heavy (non-hydrogen) atoms. The van der Waals surface area contributed by atoms with Gasteiger partial charge in [-0.05, 0) is 35.9 Å². The fraction of sp³-hybridized carbons (Fsp3) is 0. The number of phenolic OH excluding ortho intramolecular Hbond substituents is 6. The van der Waals surface area contributed by atoms with Gasteiger partial charge in [0.15, 0.2) is 40.3 Å². The summed E-state index contributed by atoms with van der Waals surface area (Å²) in [4.78, 5) is 34.2. The van der Waals surface area contributed by atoms with Crippen LogP contribution in [0.25, 0.3) is 6.08 Å². The van der Waals surface area contributed by atoms with E-state index in [0.717, 1.165) is 29.8 Å². The molecule has 1 aliphatic carbocycles. The quantitative estimate of drug-likeness (QED) is 0.200. The van der Waals surface area contributed by atoms with Crippen LogP contribution in [0.3, 0.4) is 0 Å². The molecule has 0 saturated heterocycles. The molecule has 0 heterocycles. The molecular formula is C23H16O9. The maximum atomic E-state index is 12.1. The molecule has 0 aliphatic heterocycles. The highest BCUT2D eigenvalue weighted by Crippen LogP contribution is 2.38. The molecule has 0 fully saturated rings. The Balaban J connectivity index is 0.000000204. The van der Waals surface area contributed by atoms with Crippen LogP contribution in [0.2, 0.25) is 0 Å². The number of ketones is 3. The lowest BCUT2D eigenvalue weighted by Crippen LogP contribution is -2.15. The second-order valence-electron chi connectivity index (χ2n) is 6.67. The summed E-state index contributed by atoms with van der Waals surface area (Å²) in [5.41, 5.74) is 0.969. The van der Waals surface area contributed by atoms with Gasteiger partial charge in [0.2, 0.25) is 11.6 Å². The minimum atomic E-state index is -0.766. The van der Waals surface area contributed by atoms with Gasteiger partial charge in [-0.3, -0.25) is 14.4 Å². The van der Waals surface area contributed by atoms with Crippen LogP contribution in [0.5, 0.6) is 34.5 Å². The van der Waals surface area contributed by atoms with Crippen LogP contribution >= 0.6 is 0 Å². The average Bonchev–Trinajstić information content (AvgIpc) is 2.77. The minimum Gasteiger partial charge on any atom is -0.504 e. The molecule has 0 radical (unpaired) electrons. The van der Waals surface area contributed by atoms with E-state index in [1.807, 2.05) is 12.1 Å². The van der Waals surface area contributed by atoms with Crippen LogP contribution in [0.4, 0.5) is 0 Å². The fourth-order valence-corrected chi connectivity index (χ4v) is 2.86. The molecule has 9 nitrogen and oxygen atoms in total. The molecular weight excluding hydrogens is 420 g/mol. The molecule has 0 atom stereocenters. The standard InChI is InChI=1S/C13H10O7.C10H6O2/c14-7-1-5(2-8(15)12(7)19)11(18)6-3-9(16)13(20)10(17)4-6;11-9-6-5-7-3-1-2-4-8(7)10(9)12/h1-4,14-17,19-20H;1-6H. The summed E-state index contributed by atoms with van der Waals surface area (Å²) in [6, 6.07) is 10.7. The molecule has 0 unspecified atom stereocenters. The summed E-state index contributed by atoms with van der Waals surface area (Å²) in [5.74, 6) is -5.90. The minimum absolute atomic E-state index is 0.178. The van der Waals surface area contributed by atoms with Gasteiger partial charge in [0.05, 0.1) is 0 Å². The highest BCUT2D eigenvalue weighted by atomic mass is 16.3. The molecule has 0 aromatic heterocycles. The van der Waals surface area contributed by atoms with E-state index in [9.17, 15) is 45.0 Å². The topological polar surface area (TPSA) is 173 Å². The molecule has 0 bridgehead atoms. The zero-order chi connectivity index (χ0) is 23.6. The largest absolute Gasteiger partial charge is 0.504 e. The zero-order valence-electron chi connectivity index (χ0n) is 16.2. The lowest BCUT2D eigenvalue weighted by molar-refractivity contribution is -0.110. The first-order chi connectivity index (χ1) is 15.1. The number of benzene rings is 3. The third kappa shape index (κ3) is 4.21. The van der Waals surface area contributed by atoms with Gasteiger partial charge in [0.25, 0.3) is 0 Å². The molecule has 3 aromatic rings. The summed E-state index contributed by atoms with van der Waals surface area (Å²) in [5, 5.41) is 55.7. The number of Topliss-reactive ketones (excluding diaryl/α,β-unsaturated/α-hetero) is 1. The number of fused-ring (bicyclic) bond motifs is 1. The van der Waals surface area contributed by atoms with E-state index < -0.39 is 51.8 Å². The summed E-state index contributed by atoms with van der Waals surface area (Å²) < 4.78 is 0. The van der Waals surface area contributed by atoms with E-state index in [1.54, 1.807) is 18.2 Å². The Hall–Kier alpha value is -4.79. The van der Waals surface area contributed by atoms with Gasteiger partial charge in [-0.2, -0.15) is 0 Å². The van der Waals surface area contributed by atoms with E-state index >= 15 is 0 Å². The van der Waals surface area contributed by atoms with Crippen molar-refractivity contribution in [3.63, 3.8) is 0 Å². The Morgan fingerprint density at radius 2 is 1.06 bits per heavy atom. The van der Waals surface area contributed by atoms with E-state index in [-0.39, 0.29) is 11.1 Å². The van der Waals surface area contributed by atoms with Gasteiger partial charge in [0, 0.05) is 16.7 Å². The SMILES string of the molecule is O=C(c1cc(O)c(O)c(O)c1)c1cc(O)c(O)c(O)c1.O=C1C=Cc2ccccc2C1=O. The van der Waals surface area contributed by atoms with Crippen LogP contribution in [0.1, 0.15) is 31.8 Å². The Morgan fingerprint density at radius 1 is 0.625 bits per heavy atom. The Morgan fingerprint density at radius 3 is 1.53 bits per heavy atom. The predicted molar refractivity (Wildman–Crippen MR) is 111 cm³/mol. The molecule has 0 spiro atoms. The highest BCUT2D eigenvalue weighted by molar-refractivity contribution is 6.49. The Bertz CT molecular complexity index is 1180. The molecule has 162 valence electrons. The van der Waals surface area contributed by atoms with Crippen molar-refractivity contribution in [1.29, 1.82) is 0 Å². The summed E-state index contributed by atoms with van der Waals surface area (Å²) in [6.07, 6.45) is 2.98. The first-order valence-corrected chi connectivity index (χ1v) is 9.00. The Labute approximate surface area is 180 Å². The number of rotatable bonds is 2. The third-order valence-corrected chi connectivity index (χ3v) is 4.51. The van der Waals surface area contributed by atoms with Gasteiger partial charge in [0.1, 0.15) is 0 Å². The number of phenols is 6. The Kier molecular flexibility index (Phi) is 5.83. The third-order valence-electron chi connectivity index (χ3n) is 4.51. The summed E-state index contributed by atoms with van der Waals surface area (Å²) in [7, 11) is 0. The van der Waals surface area contributed by atoms with Crippen LogP contribution in [-0.2, 0) is 4.79 Å². The van der Waals surface area contributed by atoms with Crippen molar-refractivity contribution in [1.82, 2.24) is 0 Å². The molecule has 3 aromatic carbocycles. The van der Waals surface area contributed by atoms with Crippen molar-refractivity contribution >= 4 is 23.4 Å². The number of hydrogen-bond donors (Lipinski definition) is 6. The predicted octanol–water partition coefficient (Wildman–Crippen LogP) is 2.62. The summed E-state index contributed by atoms with van der Waals surface area (Å²) in [6.45, 7) is 0. The zero-order valence-corrected chi connectivity index (χ0v) is 16.2. The number of carbonyl (C=O) groups is 3. The van der Waals surface area contributed by atoms with Crippen molar-refractivity contribution in [2.75, 3.05) is 0 Å². The van der Waals surface area contributed by atoms with E-state index in [4.69, 9.17) is 0 Å². The summed E-state index contributed by atoms with van der Waals surface area (Å²) >= 11 is 0. The second kappa shape index (κ2) is 8.52. The van der Waals surface area contributed by atoms with Gasteiger partial charge in [-0.15, -0.1) is 0 Å². The molecule has 6 N–H and O–H groups in total. The monoisotopic (exact) mass is 436 g/mol. The van der Waals surface area contributed by atoms with Gasteiger partial charge < -0.3 is 30.6 Å². The maximum Gasteiger partial charge on any atom is 0.233 e. The number of allylic oxidation sites excluding steroid dienone is 1. The van der Waals surface area contributed by atoms with E-state index in [1.165, 1.54) is 6.08 Å². The molecule has 1 aliphatic rings. The van der Waals surface area contributed by atoms with Crippen molar-refractivity contribution < 1.29 is 45.0 Å². The van der Waals surface area contributed by atoms with Crippen molar-refractivity contribution in [3.8, 4) is 34.5 Å². The van der Waals surface area contributed by atoms with E-state index in [0.29, 0.717) is 5.56 Å². The first-order valence-electron chi connectivity index (χ1n) is 9.00. The molecule has 4 rings (SSSR count). The molecule has 0 amide bonds. The molecule has 0 saturated carbocycles. The number of aromatic hydroxyl groups is 6. The smallest absolute Gasteiger partial charge is 0.233 e. The van der Waals surface area contributed by atoms with Crippen molar-refractivity contribution in [2.45, 2.75) is 0 Å². The number of carbonyl (C=O) groups excluding carboxylic acids is 3. The maximum absolute atomic E-state index is 12.1. The van der Waals surface area contributed by atoms with Crippen LogP contribution in [-0.4, -0.2) is 48.0 Å². The van der Waals surface area contributed by atoms with Crippen molar-refractivity contribution in [3.05, 3.63) is 76.9 Å². The second-order valence-corrected chi connectivity index (χ2v) is 6.67. The van der Waals surface area contributed by atoms with Gasteiger partial charge >= 0.3 is 0 Å². The highest BCUT2D eigenvalue weighted by Gasteiger charge is 2.20. The van der Waals surface area contributed by atoms with E-state index in [2.05, 4.69) is 0 Å².